The van der Waals surface area contributed by atoms with Crippen molar-refractivity contribution in [2.45, 2.75) is 56.4 Å². The van der Waals surface area contributed by atoms with Gasteiger partial charge in [0.1, 0.15) is 0 Å². The molecule has 1 aliphatic heterocycles. The summed E-state index contributed by atoms with van der Waals surface area (Å²) in [7, 11) is -2.45. The van der Waals surface area contributed by atoms with Crippen LogP contribution >= 0.6 is 0 Å². The van der Waals surface area contributed by atoms with Gasteiger partial charge in [-0.05, 0) is 49.8 Å². The number of benzene rings is 1. The van der Waals surface area contributed by atoms with Crippen LogP contribution in [0.15, 0.2) is 35.7 Å². The van der Waals surface area contributed by atoms with Gasteiger partial charge >= 0.3 is 5.97 Å². The molecule has 1 atom stereocenters. The van der Waals surface area contributed by atoms with Crippen molar-refractivity contribution < 1.29 is 22.7 Å². The van der Waals surface area contributed by atoms with Crippen molar-refractivity contribution in [2.24, 2.45) is 0 Å². The Bertz CT molecular complexity index is 775. The molecule has 6 nitrogen and oxygen atoms in total. The lowest BCUT2D eigenvalue weighted by Crippen LogP contribution is -2.33. The van der Waals surface area contributed by atoms with Crippen molar-refractivity contribution >= 4 is 16.0 Å². The van der Waals surface area contributed by atoms with E-state index in [0.29, 0.717) is 31.5 Å². The number of rotatable bonds is 9. The lowest BCUT2D eigenvalue weighted by Gasteiger charge is -2.22. The van der Waals surface area contributed by atoms with Gasteiger partial charge in [0.2, 0.25) is 10.0 Å². The van der Waals surface area contributed by atoms with E-state index in [-0.39, 0.29) is 16.6 Å². The van der Waals surface area contributed by atoms with E-state index in [9.17, 15) is 13.2 Å². The molecule has 0 spiro atoms. The SMILES string of the molecule is C=CCc1ccc(C(=O)OC)cc1S(=O)(=O)N1CCCC(OCCCC)CC1. The first-order chi connectivity index (χ1) is 13.4. The van der Waals surface area contributed by atoms with E-state index >= 15 is 0 Å². The number of hydrogen-bond donors (Lipinski definition) is 0. The van der Waals surface area contributed by atoms with E-state index in [1.165, 1.54) is 17.5 Å². The maximum Gasteiger partial charge on any atom is 0.337 e. The molecule has 1 unspecified atom stereocenters. The van der Waals surface area contributed by atoms with Crippen molar-refractivity contribution in [3.63, 3.8) is 0 Å². The van der Waals surface area contributed by atoms with Crippen molar-refractivity contribution in [3.8, 4) is 0 Å². The highest BCUT2D eigenvalue weighted by Gasteiger charge is 2.30. The van der Waals surface area contributed by atoms with Crippen LogP contribution in [0, 0.1) is 0 Å². The number of unbranched alkanes of at least 4 members (excludes halogenated alkanes) is 1. The fourth-order valence-corrected chi connectivity index (χ4v) is 5.10. The van der Waals surface area contributed by atoms with Gasteiger partial charge in [0.25, 0.3) is 0 Å². The molecule has 0 aliphatic carbocycles. The first kappa shape index (κ1) is 22.6. The van der Waals surface area contributed by atoms with Gasteiger partial charge < -0.3 is 9.47 Å². The standard InChI is InChI=1S/C21H31NO5S/c1-4-6-15-27-19-9-7-13-22(14-12-19)28(24,25)20-16-18(21(23)26-3)11-10-17(20)8-5-2/h5,10-11,16,19H,2,4,6-9,12-15H2,1,3H3. The van der Waals surface area contributed by atoms with Crippen molar-refractivity contribution in [2.75, 3.05) is 26.8 Å². The van der Waals surface area contributed by atoms with E-state index in [4.69, 9.17) is 9.47 Å². The summed E-state index contributed by atoms with van der Waals surface area (Å²) >= 11 is 0. The molecule has 1 fully saturated rings. The summed E-state index contributed by atoms with van der Waals surface area (Å²) in [6, 6.07) is 4.67. The number of methoxy groups -OCH3 is 1. The molecular formula is C21H31NO5S. The average Bonchev–Trinajstić information content (AvgIpc) is 2.94. The van der Waals surface area contributed by atoms with Crippen LogP contribution < -0.4 is 0 Å². The molecule has 0 aromatic heterocycles. The number of nitrogens with zero attached hydrogens (tertiary/aromatic N) is 1. The molecule has 1 aromatic carbocycles. The van der Waals surface area contributed by atoms with Gasteiger partial charge in [0, 0.05) is 19.7 Å². The predicted molar refractivity (Wildman–Crippen MR) is 109 cm³/mol. The molecule has 28 heavy (non-hydrogen) atoms. The lowest BCUT2D eigenvalue weighted by molar-refractivity contribution is 0.0428. The minimum absolute atomic E-state index is 0.0980. The predicted octanol–water partition coefficient (Wildman–Crippen LogP) is 3.56. The third kappa shape index (κ3) is 5.65. The Labute approximate surface area is 168 Å². The fourth-order valence-electron chi connectivity index (χ4n) is 3.34. The summed E-state index contributed by atoms with van der Waals surface area (Å²) in [5.74, 6) is -0.554. The molecule has 0 amide bonds. The average molecular weight is 410 g/mol. The van der Waals surface area contributed by atoms with Crippen molar-refractivity contribution in [3.05, 3.63) is 42.0 Å². The molecule has 0 N–H and O–H groups in total. The molecule has 1 heterocycles. The summed E-state index contributed by atoms with van der Waals surface area (Å²) in [4.78, 5) is 12.0. The van der Waals surface area contributed by atoms with Gasteiger partial charge in [0.05, 0.1) is 23.7 Å². The van der Waals surface area contributed by atoms with E-state index in [1.54, 1.807) is 18.2 Å². The Morgan fingerprint density at radius 3 is 2.79 bits per heavy atom. The van der Waals surface area contributed by atoms with E-state index in [2.05, 4.69) is 13.5 Å². The van der Waals surface area contributed by atoms with Crippen LogP contribution in [0.25, 0.3) is 0 Å². The highest BCUT2D eigenvalue weighted by Crippen LogP contribution is 2.26. The van der Waals surface area contributed by atoms with Gasteiger partial charge in [-0.3, -0.25) is 0 Å². The fraction of sp³-hybridized carbons (Fsp3) is 0.571. The largest absolute Gasteiger partial charge is 0.465 e. The number of sulfonamides is 1. The second kappa shape index (κ2) is 10.7. The number of ether oxygens (including phenoxy) is 2. The second-order valence-corrected chi connectivity index (χ2v) is 8.89. The van der Waals surface area contributed by atoms with Crippen LogP contribution in [0.5, 0.6) is 0 Å². The van der Waals surface area contributed by atoms with E-state index < -0.39 is 16.0 Å². The van der Waals surface area contributed by atoms with Crippen LogP contribution in [-0.2, 0) is 25.9 Å². The van der Waals surface area contributed by atoms with Gasteiger partial charge in [-0.2, -0.15) is 4.31 Å². The topological polar surface area (TPSA) is 72.9 Å². The molecule has 7 heteroatoms. The number of esters is 1. The molecule has 1 aromatic rings. The summed E-state index contributed by atoms with van der Waals surface area (Å²) in [5.41, 5.74) is 0.854. The number of carbonyl (C=O) groups excluding carboxylic acids is 1. The molecule has 2 rings (SSSR count). The van der Waals surface area contributed by atoms with Gasteiger partial charge in [0.15, 0.2) is 0 Å². The van der Waals surface area contributed by atoms with E-state index in [1.807, 2.05) is 0 Å². The summed E-state index contributed by atoms with van der Waals surface area (Å²) in [5, 5.41) is 0. The molecule has 0 radical (unpaired) electrons. The minimum Gasteiger partial charge on any atom is -0.465 e. The first-order valence-corrected chi connectivity index (χ1v) is 11.3. The Balaban J connectivity index is 2.25. The van der Waals surface area contributed by atoms with Gasteiger partial charge in [-0.1, -0.05) is 25.5 Å². The summed E-state index contributed by atoms with van der Waals surface area (Å²) in [6.45, 7) is 7.41. The smallest absolute Gasteiger partial charge is 0.337 e. The number of hydrogen-bond acceptors (Lipinski definition) is 5. The molecule has 156 valence electrons. The zero-order chi connectivity index (χ0) is 20.6. The zero-order valence-electron chi connectivity index (χ0n) is 16.9. The second-order valence-electron chi connectivity index (χ2n) is 6.99. The van der Waals surface area contributed by atoms with Gasteiger partial charge in [-0.25, -0.2) is 13.2 Å². The third-order valence-corrected chi connectivity index (χ3v) is 6.94. The highest BCUT2D eigenvalue weighted by molar-refractivity contribution is 7.89. The van der Waals surface area contributed by atoms with Crippen LogP contribution in [0.4, 0.5) is 0 Å². The first-order valence-electron chi connectivity index (χ1n) is 9.88. The number of carbonyl (C=O) groups is 1. The Morgan fingerprint density at radius 2 is 2.11 bits per heavy atom. The lowest BCUT2D eigenvalue weighted by atomic mass is 10.1. The molecule has 0 saturated carbocycles. The number of allylic oxidation sites excluding steroid dienone is 1. The maximum atomic E-state index is 13.4. The van der Waals surface area contributed by atoms with Crippen molar-refractivity contribution in [1.29, 1.82) is 0 Å². The quantitative estimate of drug-likeness (QED) is 0.354. The third-order valence-electron chi connectivity index (χ3n) is 4.96. The van der Waals surface area contributed by atoms with Crippen molar-refractivity contribution in [1.82, 2.24) is 4.31 Å². The Kier molecular flexibility index (Phi) is 8.66. The Hall–Kier alpha value is -1.70. The van der Waals surface area contributed by atoms with Crippen LogP contribution in [0.2, 0.25) is 0 Å². The van der Waals surface area contributed by atoms with Crippen LogP contribution in [0.3, 0.4) is 0 Å². The van der Waals surface area contributed by atoms with Crippen LogP contribution in [-0.4, -0.2) is 51.6 Å². The maximum absolute atomic E-state index is 13.4. The van der Waals surface area contributed by atoms with E-state index in [0.717, 1.165) is 32.3 Å². The van der Waals surface area contributed by atoms with Gasteiger partial charge in [-0.15, -0.1) is 6.58 Å². The Morgan fingerprint density at radius 1 is 1.32 bits per heavy atom. The highest BCUT2D eigenvalue weighted by atomic mass is 32.2. The minimum atomic E-state index is -3.73. The monoisotopic (exact) mass is 409 g/mol. The summed E-state index contributed by atoms with van der Waals surface area (Å²) < 4.78 is 38.9. The molecule has 0 bridgehead atoms. The molecular weight excluding hydrogens is 378 g/mol. The normalized spacial score (nSPS) is 18.4. The summed E-state index contributed by atoms with van der Waals surface area (Å²) in [6.07, 6.45) is 6.55. The zero-order valence-corrected chi connectivity index (χ0v) is 17.7. The van der Waals surface area contributed by atoms with Crippen LogP contribution in [0.1, 0.15) is 54.9 Å². The molecule has 1 aliphatic rings. The molecule has 1 saturated heterocycles.